The molecule has 2 aromatic rings. The zero-order valence-electron chi connectivity index (χ0n) is 12.0. The Morgan fingerprint density at radius 1 is 1.29 bits per heavy atom. The highest BCUT2D eigenvalue weighted by molar-refractivity contribution is 6.43. The second-order valence-corrected chi connectivity index (χ2v) is 5.44. The van der Waals surface area contributed by atoms with Gasteiger partial charge in [-0.05, 0) is 25.2 Å². The van der Waals surface area contributed by atoms with Crippen LogP contribution in [0.3, 0.4) is 0 Å². The summed E-state index contributed by atoms with van der Waals surface area (Å²) in [6.45, 7) is 6.70. The molecular weight excluding hydrogens is 311 g/mol. The fraction of sp³-hybridized carbons (Fsp3) is 0.429. The monoisotopic (exact) mass is 328 g/mol. The van der Waals surface area contributed by atoms with E-state index in [1.54, 1.807) is 18.2 Å². The number of benzene rings is 1. The van der Waals surface area contributed by atoms with Gasteiger partial charge < -0.3 is 15.2 Å². The van der Waals surface area contributed by atoms with Crippen LogP contribution in [0.15, 0.2) is 22.7 Å². The van der Waals surface area contributed by atoms with Gasteiger partial charge in [-0.3, -0.25) is 0 Å². The van der Waals surface area contributed by atoms with Gasteiger partial charge in [0, 0.05) is 6.54 Å². The summed E-state index contributed by atoms with van der Waals surface area (Å²) in [5.41, 5.74) is 6.73. The number of hydrogen-bond acceptors (Lipinski definition) is 5. The topological polar surface area (TPSA) is 68.2 Å². The lowest BCUT2D eigenvalue weighted by Crippen LogP contribution is -2.32. The van der Waals surface area contributed by atoms with Crippen molar-refractivity contribution in [3.63, 3.8) is 0 Å². The highest BCUT2D eigenvalue weighted by Gasteiger charge is 2.19. The molecule has 0 aliphatic rings. The summed E-state index contributed by atoms with van der Waals surface area (Å²) in [5.74, 6) is 0.792. The molecule has 0 spiro atoms. The number of nitrogens with two attached hydrogens (primary N) is 1. The third kappa shape index (κ3) is 3.74. The molecule has 1 aromatic heterocycles. The molecule has 1 heterocycles. The van der Waals surface area contributed by atoms with Gasteiger partial charge in [0.25, 0.3) is 5.89 Å². The normalized spacial score (nSPS) is 12.9. The molecule has 5 nitrogen and oxygen atoms in total. The molecule has 114 valence electrons. The minimum absolute atomic E-state index is 0.305. The van der Waals surface area contributed by atoms with Crippen LogP contribution < -0.4 is 5.73 Å². The lowest BCUT2D eigenvalue weighted by molar-refractivity contribution is 0.278. The zero-order chi connectivity index (χ0) is 15.4. The van der Waals surface area contributed by atoms with Gasteiger partial charge in [-0.25, -0.2) is 0 Å². The van der Waals surface area contributed by atoms with Gasteiger partial charge in [0.05, 0.1) is 21.7 Å². The van der Waals surface area contributed by atoms with Crippen molar-refractivity contribution in [2.75, 3.05) is 19.6 Å². The standard InChI is InChI=1S/C14H18Cl2N4O/c1-3-20(4-2)8-11(17)13-18-14(21-19-13)9-6-5-7-10(15)12(9)16/h5-7,11H,3-4,8,17H2,1-2H3. The van der Waals surface area contributed by atoms with Gasteiger partial charge in [0.1, 0.15) is 0 Å². The fourth-order valence-electron chi connectivity index (χ4n) is 2.01. The molecule has 1 atom stereocenters. The first-order valence-electron chi connectivity index (χ1n) is 6.82. The van der Waals surface area contributed by atoms with Crippen molar-refractivity contribution in [1.82, 2.24) is 15.0 Å². The van der Waals surface area contributed by atoms with Crippen LogP contribution in [0.25, 0.3) is 11.5 Å². The van der Waals surface area contributed by atoms with Crippen LogP contribution in [-0.4, -0.2) is 34.7 Å². The number of rotatable bonds is 6. The van der Waals surface area contributed by atoms with E-state index in [0.29, 0.717) is 33.9 Å². The molecule has 0 aliphatic heterocycles. The Morgan fingerprint density at radius 3 is 2.67 bits per heavy atom. The van der Waals surface area contributed by atoms with Crippen molar-refractivity contribution in [2.24, 2.45) is 5.73 Å². The number of likely N-dealkylation sites (N-methyl/N-ethyl adjacent to an activating group) is 1. The maximum Gasteiger partial charge on any atom is 0.259 e. The number of aromatic nitrogens is 2. The smallest absolute Gasteiger partial charge is 0.259 e. The van der Waals surface area contributed by atoms with Crippen molar-refractivity contribution >= 4 is 23.2 Å². The van der Waals surface area contributed by atoms with Crippen LogP contribution in [0.5, 0.6) is 0 Å². The van der Waals surface area contributed by atoms with Crippen LogP contribution in [0, 0.1) is 0 Å². The molecule has 0 saturated heterocycles. The first-order chi connectivity index (χ1) is 10.1. The van der Waals surface area contributed by atoms with Crippen molar-refractivity contribution in [2.45, 2.75) is 19.9 Å². The molecule has 0 amide bonds. The van der Waals surface area contributed by atoms with Gasteiger partial charge in [0.2, 0.25) is 0 Å². The maximum absolute atomic E-state index is 6.15. The molecule has 1 unspecified atom stereocenters. The third-order valence-electron chi connectivity index (χ3n) is 3.30. The van der Waals surface area contributed by atoms with Crippen LogP contribution in [0.2, 0.25) is 10.0 Å². The third-order valence-corrected chi connectivity index (χ3v) is 4.12. The van der Waals surface area contributed by atoms with E-state index in [9.17, 15) is 0 Å². The average molecular weight is 329 g/mol. The molecule has 0 radical (unpaired) electrons. The summed E-state index contributed by atoms with van der Waals surface area (Å²) >= 11 is 12.1. The Kier molecular flexibility index (Phi) is 5.58. The molecule has 0 aliphatic carbocycles. The summed E-state index contributed by atoms with van der Waals surface area (Å²) in [7, 11) is 0. The number of halogens is 2. The predicted molar refractivity (Wildman–Crippen MR) is 84.5 cm³/mol. The van der Waals surface area contributed by atoms with E-state index in [2.05, 4.69) is 28.9 Å². The minimum Gasteiger partial charge on any atom is -0.334 e. The van der Waals surface area contributed by atoms with Crippen LogP contribution >= 0.6 is 23.2 Å². The first kappa shape index (κ1) is 16.2. The van der Waals surface area contributed by atoms with E-state index in [1.165, 1.54) is 0 Å². The summed E-state index contributed by atoms with van der Waals surface area (Å²) in [6.07, 6.45) is 0. The van der Waals surface area contributed by atoms with Crippen molar-refractivity contribution in [3.05, 3.63) is 34.1 Å². The highest BCUT2D eigenvalue weighted by Crippen LogP contribution is 2.32. The average Bonchev–Trinajstić information content (AvgIpc) is 2.97. The van der Waals surface area contributed by atoms with Crippen molar-refractivity contribution in [3.8, 4) is 11.5 Å². The minimum atomic E-state index is -0.305. The molecule has 0 fully saturated rings. The predicted octanol–water partition coefficient (Wildman–Crippen LogP) is 3.39. The second-order valence-electron chi connectivity index (χ2n) is 4.65. The van der Waals surface area contributed by atoms with Crippen molar-refractivity contribution in [1.29, 1.82) is 0 Å². The fourth-order valence-corrected chi connectivity index (χ4v) is 2.39. The Hall–Kier alpha value is -1.14. The number of hydrogen-bond donors (Lipinski definition) is 1. The molecule has 0 bridgehead atoms. The van der Waals surface area contributed by atoms with E-state index in [-0.39, 0.29) is 6.04 Å². The molecule has 0 saturated carbocycles. The maximum atomic E-state index is 6.15. The second kappa shape index (κ2) is 7.22. The Balaban J connectivity index is 2.19. The highest BCUT2D eigenvalue weighted by atomic mass is 35.5. The van der Waals surface area contributed by atoms with Crippen LogP contribution in [0.1, 0.15) is 25.7 Å². The summed E-state index contributed by atoms with van der Waals surface area (Å²) in [5, 5.41) is 4.79. The number of nitrogens with zero attached hydrogens (tertiary/aromatic N) is 3. The van der Waals surface area contributed by atoms with Gasteiger partial charge in [-0.2, -0.15) is 4.98 Å². The lowest BCUT2D eigenvalue weighted by atomic mass is 10.2. The largest absolute Gasteiger partial charge is 0.334 e. The molecule has 7 heteroatoms. The van der Waals surface area contributed by atoms with E-state index in [0.717, 1.165) is 13.1 Å². The van der Waals surface area contributed by atoms with Crippen LogP contribution in [-0.2, 0) is 0 Å². The summed E-state index contributed by atoms with van der Waals surface area (Å²) in [6, 6.07) is 4.96. The molecule has 1 aromatic carbocycles. The zero-order valence-corrected chi connectivity index (χ0v) is 13.5. The van der Waals surface area contributed by atoms with Crippen molar-refractivity contribution < 1.29 is 4.52 Å². The lowest BCUT2D eigenvalue weighted by Gasteiger charge is -2.20. The van der Waals surface area contributed by atoms with Gasteiger partial charge in [-0.1, -0.05) is 48.3 Å². The van der Waals surface area contributed by atoms with E-state index >= 15 is 0 Å². The van der Waals surface area contributed by atoms with E-state index in [1.807, 2.05) is 0 Å². The van der Waals surface area contributed by atoms with Gasteiger partial charge >= 0.3 is 0 Å². The summed E-state index contributed by atoms with van der Waals surface area (Å²) in [4.78, 5) is 6.53. The van der Waals surface area contributed by atoms with Gasteiger partial charge in [0.15, 0.2) is 5.82 Å². The molecular formula is C14H18Cl2N4O. The van der Waals surface area contributed by atoms with Gasteiger partial charge in [-0.15, -0.1) is 0 Å². The SMILES string of the molecule is CCN(CC)CC(N)c1noc(-c2cccc(Cl)c2Cl)n1. The van der Waals surface area contributed by atoms with Crippen LogP contribution in [0.4, 0.5) is 0 Å². The molecule has 2 N–H and O–H groups in total. The quantitative estimate of drug-likeness (QED) is 0.880. The first-order valence-corrected chi connectivity index (χ1v) is 7.58. The van der Waals surface area contributed by atoms with E-state index in [4.69, 9.17) is 33.5 Å². The summed E-state index contributed by atoms with van der Waals surface area (Å²) < 4.78 is 5.25. The Morgan fingerprint density at radius 2 is 2.00 bits per heavy atom. The Labute approximate surface area is 134 Å². The molecule has 21 heavy (non-hydrogen) atoms. The van der Waals surface area contributed by atoms with E-state index < -0.39 is 0 Å². The molecule has 2 rings (SSSR count). The Bertz CT molecular complexity index is 598.